The maximum Gasteiger partial charge on any atom is 0.331 e. The number of ether oxygens (including phenoxy) is 1. The van der Waals surface area contributed by atoms with Crippen LogP contribution in [0.25, 0.3) is 0 Å². The lowest BCUT2D eigenvalue weighted by Gasteiger charge is -2.13. The van der Waals surface area contributed by atoms with Crippen molar-refractivity contribution in [1.29, 1.82) is 0 Å². The quantitative estimate of drug-likeness (QED) is 0.729. The molecule has 1 unspecified atom stereocenters. The first-order valence-electron chi connectivity index (χ1n) is 4.84. The lowest BCUT2D eigenvalue weighted by molar-refractivity contribution is -0.141. The lowest BCUT2D eigenvalue weighted by atomic mass is 10.0. The van der Waals surface area contributed by atoms with Crippen molar-refractivity contribution in [1.82, 2.24) is 5.32 Å². The molecule has 84 valence electrons. The summed E-state index contributed by atoms with van der Waals surface area (Å²) in [7, 11) is 0. The van der Waals surface area contributed by atoms with E-state index in [0.717, 1.165) is 5.56 Å². The van der Waals surface area contributed by atoms with Gasteiger partial charge in [0.05, 0.1) is 0 Å². The zero-order valence-electron chi connectivity index (χ0n) is 8.69. The van der Waals surface area contributed by atoms with E-state index in [9.17, 15) is 9.59 Å². The lowest BCUT2D eigenvalue weighted by Crippen LogP contribution is -2.34. The molecule has 1 heterocycles. The number of aliphatic carboxylic acids is 1. The number of hydrogen-bond acceptors (Lipinski definition) is 3. The molecule has 0 bridgehead atoms. The van der Waals surface area contributed by atoms with Crippen molar-refractivity contribution in [3.8, 4) is 5.75 Å². The molecule has 2 rings (SSSR count). The summed E-state index contributed by atoms with van der Waals surface area (Å²) in [6.45, 7) is 1.66. The SMILES string of the molecule is Cc1cccc2c1OCC(=O)NC2C(=O)O. The first kappa shape index (κ1) is 10.5. The Bertz CT molecular complexity index is 455. The number of carboxylic acid groups (broad SMARTS) is 1. The largest absolute Gasteiger partial charge is 0.483 e. The van der Waals surface area contributed by atoms with Crippen molar-refractivity contribution in [2.24, 2.45) is 0 Å². The molecule has 1 aromatic rings. The molecule has 0 radical (unpaired) electrons. The molecule has 1 aliphatic heterocycles. The van der Waals surface area contributed by atoms with Crippen molar-refractivity contribution in [3.63, 3.8) is 0 Å². The molecule has 0 fully saturated rings. The number of fused-ring (bicyclic) bond motifs is 1. The number of benzene rings is 1. The van der Waals surface area contributed by atoms with Gasteiger partial charge >= 0.3 is 5.97 Å². The molecular weight excluding hydrogens is 210 g/mol. The second-order valence-electron chi connectivity index (χ2n) is 3.62. The van der Waals surface area contributed by atoms with E-state index in [-0.39, 0.29) is 6.61 Å². The molecule has 1 aromatic carbocycles. The van der Waals surface area contributed by atoms with Crippen LogP contribution >= 0.6 is 0 Å². The minimum absolute atomic E-state index is 0.151. The number of carbonyl (C=O) groups is 2. The fourth-order valence-corrected chi connectivity index (χ4v) is 1.71. The molecule has 1 amide bonds. The van der Waals surface area contributed by atoms with Gasteiger partial charge in [-0.15, -0.1) is 0 Å². The van der Waals surface area contributed by atoms with Gasteiger partial charge in [-0.2, -0.15) is 0 Å². The van der Waals surface area contributed by atoms with Crippen LogP contribution in [-0.4, -0.2) is 23.6 Å². The van der Waals surface area contributed by atoms with Gasteiger partial charge in [0.25, 0.3) is 5.91 Å². The summed E-state index contributed by atoms with van der Waals surface area (Å²) in [5, 5.41) is 11.4. The van der Waals surface area contributed by atoms with Gasteiger partial charge in [0, 0.05) is 5.56 Å². The van der Waals surface area contributed by atoms with Gasteiger partial charge < -0.3 is 15.2 Å². The number of rotatable bonds is 1. The van der Waals surface area contributed by atoms with E-state index in [1.807, 2.05) is 13.0 Å². The highest BCUT2D eigenvalue weighted by Gasteiger charge is 2.29. The fourth-order valence-electron chi connectivity index (χ4n) is 1.71. The summed E-state index contributed by atoms with van der Waals surface area (Å²) in [6.07, 6.45) is 0. The zero-order valence-corrected chi connectivity index (χ0v) is 8.69. The minimum Gasteiger partial charge on any atom is -0.483 e. The molecule has 5 heteroatoms. The molecular formula is C11H11NO4. The Labute approximate surface area is 92.0 Å². The topological polar surface area (TPSA) is 75.6 Å². The molecule has 0 spiro atoms. The van der Waals surface area contributed by atoms with Gasteiger partial charge in [0.2, 0.25) is 0 Å². The van der Waals surface area contributed by atoms with Crippen LogP contribution in [0.3, 0.4) is 0 Å². The van der Waals surface area contributed by atoms with E-state index in [1.165, 1.54) is 0 Å². The van der Waals surface area contributed by atoms with Crippen LogP contribution in [0.1, 0.15) is 17.2 Å². The number of carboxylic acids is 1. The first-order valence-corrected chi connectivity index (χ1v) is 4.84. The van der Waals surface area contributed by atoms with Crippen molar-refractivity contribution in [2.45, 2.75) is 13.0 Å². The fraction of sp³-hybridized carbons (Fsp3) is 0.273. The molecule has 16 heavy (non-hydrogen) atoms. The summed E-state index contributed by atoms with van der Waals surface area (Å²) < 4.78 is 5.30. The highest BCUT2D eigenvalue weighted by Crippen LogP contribution is 2.30. The monoisotopic (exact) mass is 221 g/mol. The Kier molecular flexibility index (Phi) is 2.52. The van der Waals surface area contributed by atoms with Crippen LogP contribution < -0.4 is 10.1 Å². The third-order valence-electron chi connectivity index (χ3n) is 2.45. The molecule has 0 saturated carbocycles. The maximum absolute atomic E-state index is 11.3. The summed E-state index contributed by atoms with van der Waals surface area (Å²) in [4.78, 5) is 22.3. The number of nitrogens with one attached hydrogen (secondary N) is 1. The summed E-state index contributed by atoms with van der Waals surface area (Å²) in [5.41, 5.74) is 1.30. The number of carbonyl (C=O) groups excluding carboxylic acids is 1. The van der Waals surface area contributed by atoms with Crippen LogP contribution in [0.2, 0.25) is 0 Å². The number of para-hydroxylation sites is 1. The van der Waals surface area contributed by atoms with Crippen LogP contribution in [0.4, 0.5) is 0 Å². The molecule has 2 N–H and O–H groups in total. The maximum atomic E-state index is 11.3. The molecule has 1 atom stereocenters. The van der Waals surface area contributed by atoms with Crippen molar-refractivity contribution in [2.75, 3.05) is 6.61 Å². The van der Waals surface area contributed by atoms with Crippen molar-refractivity contribution < 1.29 is 19.4 Å². The van der Waals surface area contributed by atoms with Crippen molar-refractivity contribution in [3.05, 3.63) is 29.3 Å². The minimum atomic E-state index is -1.09. The normalized spacial score (nSPS) is 19.1. The Hall–Kier alpha value is -2.04. The number of amides is 1. The second-order valence-corrected chi connectivity index (χ2v) is 3.62. The Morgan fingerprint density at radius 3 is 3.00 bits per heavy atom. The summed E-state index contributed by atoms with van der Waals surface area (Å²) in [5.74, 6) is -1.04. The highest BCUT2D eigenvalue weighted by atomic mass is 16.5. The van der Waals surface area contributed by atoms with E-state index in [1.54, 1.807) is 12.1 Å². The van der Waals surface area contributed by atoms with Gasteiger partial charge in [0.1, 0.15) is 5.75 Å². The Morgan fingerprint density at radius 2 is 2.31 bits per heavy atom. The first-order chi connectivity index (χ1) is 7.59. The van der Waals surface area contributed by atoms with Crippen LogP contribution in [0, 0.1) is 6.92 Å². The van der Waals surface area contributed by atoms with Crippen LogP contribution in [0.5, 0.6) is 5.75 Å². The van der Waals surface area contributed by atoms with Crippen LogP contribution in [0.15, 0.2) is 18.2 Å². The van der Waals surface area contributed by atoms with E-state index in [0.29, 0.717) is 11.3 Å². The summed E-state index contributed by atoms with van der Waals surface area (Å²) >= 11 is 0. The smallest absolute Gasteiger partial charge is 0.331 e. The van der Waals surface area contributed by atoms with Gasteiger partial charge in [0.15, 0.2) is 12.6 Å². The summed E-state index contributed by atoms with van der Waals surface area (Å²) in [6, 6.07) is 4.16. The van der Waals surface area contributed by atoms with E-state index >= 15 is 0 Å². The van der Waals surface area contributed by atoms with Gasteiger partial charge in [-0.25, -0.2) is 4.79 Å². The van der Waals surface area contributed by atoms with E-state index in [4.69, 9.17) is 9.84 Å². The molecule has 0 saturated heterocycles. The number of hydrogen-bond donors (Lipinski definition) is 2. The van der Waals surface area contributed by atoms with Gasteiger partial charge in [-0.05, 0) is 12.5 Å². The van der Waals surface area contributed by atoms with E-state index in [2.05, 4.69) is 5.32 Å². The standard InChI is InChI=1S/C11H11NO4/c1-6-3-2-4-7-9(11(14)15)12-8(13)5-16-10(6)7/h2-4,9H,5H2,1H3,(H,12,13)(H,14,15). The number of aryl methyl sites for hydroxylation is 1. The second kappa shape index (κ2) is 3.84. The average Bonchev–Trinajstić information content (AvgIpc) is 2.39. The van der Waals surface area contributed by atoms with E-state index < -0.39 is 17.9 Å². The molecule has 0 aromatic heterocycles. The third kappa shape index (κ3) is 1.71. The Morgan fingerprint density at radius 1 is 1.56 bits per heavy atom. The Balaban J connectivity index is 2.53. The third-order valence-corrected chi connectivity index (χ3v) is 2.45. The predicted molar refractivity (Wildman–Crippen MR) is 55.2 cm³/mol. The van der Waals surface area contributed by atoms with Gasteiger partial charge in [-0.3, -0.25) is 4.79 Å². The molecule has 0 aliphatic carbocycles. The van der Waals surface area contributed by atoms with Crippen molar-refractivity contribution >= 4 is 11.9 Å². The van der Waals surface area contributed by atoms with Crippen LogP contribution in [-0.2, 0) is 9.59 Å². The van der Waals surface area contributed by atoms with Gasteiger partial charge in [-0.1, -0.05) is 18.2 Å². The highest BCUT2D eigenvalue weighted by molar-refractivity contribution is 5.87. The molecule has 5 nitrogen and oxygen atoms in total. The average molecular weight is 221 g/mol. The molecule has 1 aliphatic rings. The predicted octanol–water partition coefficient (Wildman–Crippen LogP) is 0.629. The zero-order chi connectivity index (χ0) is 11.7.